The van der Waals surface area contributed by atoms with E-state index in [0.29, 0.717) is 17.5 Å². The molecule has 0 fully saturated rings. The summed E-state index contributed by atoms with van der Waals surface area (Å²) in [5.74, 6) is 2.01. The van der Waals surface area contributed by atoms with Gasteiger partial charge in [-0.2, -0.15) is 0 Å². The summed E-state index contributed by atoms with van der Waals surface area (Å²) in [5, 5.41) is 0. The van der Waals surface area contributed by atoms with Gasteiger partial charge in [-0.15, -0.1) is 0 Å². The molecule has 3 heteroatoms. The molecule has 0 radical (unpaired) electrons. The molecule has 0 N–H and O–H groups in total. The van der Waals surface area contributed by atoms with Gasteiger partial charge in [-0.1, -0.05) is 143 Å². The Labute approximate surface area is 299 Å². The smallest absolute Gasteiger partial charge is 0.164 e. The third-order valence-electron chi connectivity index (χ3n) is 9.75. The van der Waals surface area contributed by atoms with Crippen molar-refractivity contribution in [3.05, 3.63) is 136 Å². The molecule has 254 valence electrons. The molecular weight excluding hydrogens is 607 g/mol. The van der Waals surface area contributed by atoms with Crippen LogP contribution in [0.4, 0.5) is 0 Å². The molecule has 0 unspecified atom stereocenters. The first kappa shape index (κ1) is 35.0. The Morgan fingerprint density at radius 2 is 0.680 bits per heavy atom. The van der Waals surface area contributed by atoms with E-state index in [1.54, 1.807) is 0 Å². The van der Waals surface area contributed by atoms with Crippen molar-refractivity contribution in [2.45, 2.75) is 88.0 Å². The molecule has 6 rings (SSSR count). The predicted octanol–water partition coefficient (Wildman–Crippen LogP) is 12.8. The van der Waals surface area contributed by atoms with Crippen molar-refractivity contribution in [3.8, 4) is 56.4 Å². The minimum absolute atomic E-state index is 0.0536. The van der Waals surface area contributed by atoms with E-state index in [0.717, 1.165) is 23.1 Å². The summed E-state index contributed by atoms with van der Waals surface area (Å²) in [7, 11) is 0. The SMILES string of the molecule is Cc1cc(C)c(-c2ccc(-c3nc(-c4ccc(-c5c(C)cc(C)cc5C)cc4)nc(-c4ccc(C(C)(C)CC(C)(C)C)cc4)n3)cc2)c(C)c1. The monoisotopic (exact) mass is 657 g/mol. The van der Waals surface area contributed by atoms with Crippen LogP contribution >= 0.6 is 0 Å². The molecule has 0 aliphatic rings. The van der Waals surface area contributed by atoms with Gasteiger partial charge in [0.15, 0.2) is 17.5 Å². The molecule has 3 nitrogen and oxygen atoms in total. The van der Waals surface area contributed by atoms with Crippen LogP contribution in [-0.4, -0.2) is 15.0 Å². The Morgan fingerprint density at radius 3 is 0.980 bits per heavy atom. The Hall–Kier alpha value is -4.89. The minimum Gasteiger partial charge on any atom is -0.208 e. The first-order valence-electron chi connectivity index (χ1n) is 17.8. The van der Waals surface area contributed by atoms with E-state index in [9.17, 15) is 0 Å². The summed E-state index contributed by atoms with van der Waals surface area (Å²) in [6, 6.07) is 35.2. The second kappa shape index (κ2) is 13.4. The number of hydrogen-bond acceptors (Lipinski definition) is 3. The average molecular weight is 658 g/mol. The Kier molecular flexibility index (Phi) is 9.39. The van der Waals surface area contributed by atoms with Crippen molar-refractivity contribution in [1.82, 2.24) is 15.0 Å². The van der Waals surface area contributed by atoms with Crippen LogP contribution in [-0.2, 0) is 5.41 Å². The molecule has 0 amide bonds. The van der Waals surface area contributed by atoms with Gasteiger partial charge in [-0.3, -0.25) is 0 Å². The third kappa shape index (κ3) is 7.48. The molecule has 5 aromatic carbocycles. The van der Waals surface area contributed by atoms with Crippen molar-refractivity contribution in [1.29, 1.82) is 0 Å². The van der Waals surface area contributed by atoms with E-state index in [-0.39, 0.29) is 10.8 Å². The van der Waals surface area contributed by atoms with Crippen molar-refractivity contribution < 1.29 is 0 Å². The Morgan fingerprint density at radius 1 is 0.400 bits per heavy atom. The second-order valence-electron chi connectivity index (χ2n) is 16.2. The number of nitrogens with zero attached hydrogens (tertiary/aromatic N) is 3. The van der Waals surface area contributed by atoms with E-state index in [1.165, 1.54) is 61.2 Å². The maximum absolute atomic E-state index is 5.07. The highest BCUT2D eigenvalue weighted by molar-refractivity contribution is 5.76. The fourth-order valence-electron chi connectivity index (χ4n) is 8.10. The van der Waals surface area contributed by atoms with Gasteiger partial charge in [0.05, 0.1) is 0 Å². The lowest BCUT2D eigenvalue weighted by atomic mass is 9.72. The summed E-state index contributed by atoms with van der Waals surface area (Å²) < 4.78 is 0. The quantitative estimate of drug-likeness (QED) is 0.171. The maximum atomic E-state index is 5.07. The number of aromatic nitrogens is 3. The molecular formula is C47H51N3. The van der Waals surface area contributed by atoms with Gasteiger partial charge in [0.1, 0.15) is 0 Å². The molecule has 0 atom stereocenters. The van der Waals surface area contributed by atoms with Gasteiger partial charge in [0.25, 0.3) is 0 Å². The largest absolute Gasteiger partial charge is 0.208 e. The summed E-state index contributed by atoms with van der Waals surface area (Å²) in [6.07, 6.45) is 1.09. The van der Waals surface area contributed by atoms with Crippen LogP contribution in [0, 0.1) is 47.0 Å². The molecule has 0 bridgehead atoms. The zero-order chi connectivity index (χ0) is 36.0. The van der Waals surface area contributed by atoms with E-state index in [4.69, 9.17) is 15.0 Å². The van der Waals surface area contributed by atoms with Gasteiger partial charge in [-0.05, 0) is 109 Å². The fraction of sp³-hybridized carbons (Fsp3) is 0.298. The number of benzene rings is 5. The van der Waals surface area contributed by atoms with E-state index in [1.807, 2.05) is 0 Å². The Balaban J connectivity index is 1.42. The van der Waals surface area contributed by atoms with E-state index >= 15 is 0 Å². The van der Waals surface area contributed by atoms with Crippen molar-refractivity contribution in [2.75, 3.05) is 0 Å². The second-order valence-corrected chi connectivity index (χ2v) is 16.2. The third-order valence-corrected chi connectivity index (χ3v) is 9.75. The van der Waals surface area contributed by atoms with Crippen molar-refractivity contribution in [3.63, 3.8) is 0 Å². The van der Waals surface area contributed by atoms with E-state index in [2.05, 4.69) is 173 Å². The lowest BCUT2D eigenvalue weighted by Crippen LogP contribution is -2.24. The minimum atomic E-state index is 0.0536. The van der Waals surface area contributed by atoms with E-state index < -0.39 is 0 Å². The van der Waals surface area contributed by atoms with Crippen LogP contribution in [0.2, 0.25) is 0 Å². The van der Waals surface area contributed by atoms with Gasteiger partial charge < -0.3 is 0 Å². The fourth-order valence-corrected chi connectivity index (χ4v) is 8.10. The molecule has 0 aliphatic carbocycles. The van der Waals surface area contributed by atoms with Crippen LogP contribution in [0.3, 0.4) is 0 Å². The predicted molar refractivity (Wildman–Crippen MR) is 213 cm³/mol. The highest BCUT2D eigenvalue weighted by Gasteiger charge is 2.27. The topological polar surface area (TPSA) is 38.7 Å². The van der Waals surface area contributed by atoms with Crippen LogP contribution in [0.5, 0.6) is 0 Å². The van der Waals surface area contributed by atoms with Gasteiger partial charge >= 0.3 is 0 Å². The van der Waals surface area contributed by atoms with Crippen LogP contribution in [0.15, 0.2) is 97.1 Å². The number of hydrogen-bond donors (Lipinski definition) is 0. The van der Waals surface area contributed by atoms with Crippen LogP contribution in [0.1, 0.15) is 80.0 Å². The first-order chi connectivity index (χ1) is 23.6. The van der Waals surface area contributed by atoms with Crippen molar-refractivity contribution in [2.24, 2.45) is 5.41 Å². The standard InChI is InChI=1S/C47H51N3/c1-29-24-31(3)41(32(4)25-29)35-12-16-37(17-13-35)43-48-44(38-18-14-36(15-19-38)42-33(5)26-30(2)27-34(42)6)50-45(49-43)39-20-22-40(23-21-39)47(10,11)28-46(7,8)9/h12-27H,28H2,1-11H3. The highest BCUT2D eigenvalue weighted by atomic mass is 15.0. The van der Waals surface area contributed by atoms with Gasteiger partial charge in [0.2, 0.25) is 0 Å². The molecule has 1 heterocycles. The van der Waals surface area contributed by atoms with Crippen molar-refractivity contribution >= 4 is 0 Å². The zero-order valence-electron chi connectivity index (χ0n) is 31.8. The summed E-state index contributed by atoms with van der Waals surface area (Å²) in [4.78, 5) is 15.2. The molecule has 0 saturated carbocycles. The normalized spacial score (nSPS) is 12.0. The summed E-state index contributed by atoms with van der Waals surface area (Å²) in [6.45, 7) is 24.7. The van der Waals surface area contributed by atoms with Crippen LogP contribution < -0.4 is 0 Å². The average Bonchev–Trinajstić information content (AvgIpc) is 3.03. The van der Waals surface area contributed by atoms with Gasteiger partial charge in [-0.25, -0.2) is 15.0 Å². The maximum Gasteiger partial charge on any atom is 0.164 e. The highest BCUT2D eigenvalue weighted by Crippen LogP contribution is 2.37. The molecule has 0 saturated heterocycles. The molecule has 0 spiro atoms. The Bertz CT molecular complexity index is 2000. The summed E-state index contributed by atoms with van der Waals surface area (Å²) >= 11 is 0. The molecule has 50 heavy (non-hydrogen) atoms. The lowest BCUT2D eigenvalue weighted by Gasteiger charge is -2.33. The molecule has 0 aliphatic heterocycles. The van der Waals surface area contributed by atoms with Gasteiger partial charge in [0, 0.05) is 16.7 Å². The number of aryl methyl sites for hydroxylation is 6. The lowest BCUT2D eigenvalue weighted by molar-refractivity contribution is 0.284. The van der Waals surface area contributed by atoms with Crippen LogP contribution in [0.25, 0.3) is 56.4 Å². The first-order valence-corrected chi connectivity index (χ1v) is 17.8. The zero-order valence-corrected chi connectivity index (χ0v) is 31.8. The molecule has 1 aromatic heterocycles. The number of rotatable bonds is 7. The molecule has 6 aromatic rings. The summed E-state index contributed by atoms with van der Waals surface area (Å²) in [5.41, 5.74) is 17.2.